The number of amides is 1. The number of methoxy groups -OCH3 is 1. The molecule has 2 aromatic rings. The normalized spacial score (nSPS) is 10.8. The van der Waals surface area contributed by atoms with Crippen LogP contribution in [0.4, 0.5) is 10.1 Å². The summed E-state index contributed by atoms with van der Waals surface area (Å²) in [4.78, 5) is 12.0. The Labute approximate surface area is 118 Å². The molecule has 0 spiro atoms. The van der Waals surface area contributed by atoms with Gasteiger partial charge in [0.2, 0.25) is 0 Å². The highest BCUT2D eigenvalue weighted by atomic mass is 35.5. The number of nitrogens with zero attached hydrogens (tertiary/aromatic N) is 2. The maximum Gasteiger partial charge on any atom is 0.280 e. The third-order valence-corrected chi connectivity index (χ3v) is 2.56. The molecule has 20 heavy (non-hydrogen) atoms. The zero-order chi connectivity index (χ0) is 14.5. The van der Waals surface area contributed by atoms with Crippen LogP contribution in [0.3, 0.4) is 0 Å². The maximum absolute atomic E-state index is 13.0. The Morgan fingerprint density at radius 2 is 2.30 bits per heavy atom. The highest BCUT2D eigenvalue weighted by molar-refractivity contribution is 6.31. The van der Waals surface area contributed by atoms with Gasteiger partial charge in [-0.3, -0.25) is 4.79 Å². The SMILES string of the molecule is COC=Cc1nonc1C(=O)Nc1ccc(F)c(Cl)c1. The molecule has 0 saturated heterocycles. The van der Waals surface area contributed by atoms with Gasteiger partial charge in [-0.05, 0) is 28.5 Å². The molecule has 6 nitrogen and oxygen atoms in total. The topological polar surface area (TPSA) is 77.2 Å². The van der Waals surface area contributed by atoms with E-state index in [1.54, 1.807) is 0 Å². The van der Waals surface area contributed by atoms with Crippen molar-refractivity contribution in [2.45, 2.75) is 0 Å². The van der Waals surface area contributed by atoms with Crippen LogP contribution in [0.15, 0.2) is 29.1 Å². The van der Waals surface area contributed by atoms with Gasteiger partial charge in [-0.1, -0.05) is 11.6 Å². The first-order valence-electron chi connectivity index (χ1n) is 5.40. The van der Waals surface area contributed by atoms with Crippen molar-refractivity contribution >= 4 is 29.3 Å². The van der Waals surface area contributed by atoms with Crippen LogP contribution in [-0.4, -0.2) is 23.3 Å². The average Bonchev–Trinajstić information content (AvgIpc) is 2.89. The minimum atomic E-state index is -0.573. The van der Waals surface area contributed by atoms with Crippen LogP contribution in [0.1, 0.15) is 16.2 Å². The lowest BCUT2D eigenvalue weighted by molar-refractivity contribution is 0.101. The lowest BCUT2D eigenvalue weighted by atomic mass is 10.2. The molecule has 104 valence electrons. The number of anilines is 1. The van der Waals surface area contributed by atoms with Crippen molar-refractivity contribution in [3.05, 3.63) is 46.7 Å². The van der Waals surface area contributed by atoms with Crippen molar-refractivity contribution in [1.29, 1.82) is 0 Å². The summed E-state index contributed by atoms with van der Waals surface area (Å²) in [5, 5.41) is 9.45. The summed E-state index contributed by atoms with van der Waals surface area (Å²) in [6, 6.07) is 3.80. The zero-order valence-electron chi connectivity index (χ0n) is 10.3. The number of rotatable bonds is 4. The van der Waals surface area contributed by atoms with E-state index in [2.05, 4.69) is 20.3 Å². The molecular weight excluding hydrogens is 289 g/mol. The molecule has 1 N–H and O–H groups in total. The molecule has 0 radical (unpaired) electrons. The van der Waals surface area contributed by atoms with Gasteiger partial charge in [0, 0.05) is 11.8 Å². The zero-order valence-corrected chi connectivity index (χ0v) is 11.0. The van der Waals surface area contributed by atoms with E-state index in [4.69, 9.17) is 16.3 Å². The van der Waals surface area contributed by atoms with Crippen molar-refractivity contribution < 1.29 is 18.6 Å². The first kappa shape index (κ1) is 14.0. The third-order valence-electron chi connectivity index (χ3n) is 2.27. The van der Waals surface area contributed by atoms with Crippen molar-refractivity contribution in [2.75, 3.05) is 12.4 Å². The standard InChI is InChI=1S/C12H9ClFN3O3/c1-19-5-4-10-11(17-20-16-10)12(18)15-7-2-3-9(14)8(13)6-7/h2-6H,1H3,(H,15,18). The van der Waals surface area contributed by atoms with Gasteiger partial charge in [-0.2, -0.15) is 0 Å². The quantitative estimate of drug-likeness (QED) is 0.878. The van der Waals surface area contributed by atoms with Crippen LogP contribution in [0.5, 0.6) is 0 Å². The molecule has 0 aliphatic rings. The largest absolute Gasteiger partial charge is 0.504 e. The predicted molar refractivity (Wildman–Crippen MR) is 69.7 cm³/mol. The van der Waals surface area contributed by atoms with E-state index in [0.29, 0.717) is 5.69 Å². The number of halogens is 2. The molecule has 1 amide bonds. The highest BCUT2D eigenvalue weighted by Crippen LogP contribution is 2.20. The molecule has 0 fully saturated rings. The number of hydrogen-bond acceptors (Lipinski definition) is 5. The smallest absolute Gasteiger partial charge is 0.280 e. The van der Waals surface area contributed by atoms with E-state index in [1.807, 2.05) is 0 Å². The first-order chi connectivity index (χ1) is 9.61. The van der Waals surface area contributed by atoms with Gasteiger partial charge in [0.1, 0.15) is 11.5 Å². The Balaban J connectivity index is 2.18. The Hall–Kier alpha value is -2.41. The highest BCUT2D eigenvalue weighted by Gasteiger charge is 2.17. The van der Waals surface area contributed by atoms with Crippen LogP contribution >= 0.6 is 11.6 Å². The number of carbonyl (C=O) groups excluding carboxylic acids is 1. The maximum atomic E-state index is 13.0. The van der Waals surface area contributed by atoms with Crippen molar-refractivity contribution in [3.8, 4) is 0 Å². The number of carbonyl (C=O) groups is 1. The first-order valence-corrected chi connectivity index (χ1v) is 5.78. The molecule has 0 bridgehead atoms. The second-order valence-corrected chi connectivity index (χ2v) is 4.03. The Morgan fingerprint density at radius 3 is 3.00 bits per heavy atom. The number of benzene rings is 1. The minimum Gasteiger partial charge on any atom is -0.504 e. The molecule has 0 aliphatic heterocycles. The Kier molecular flexibility index (Phi) is 4.31. The molecule has 1 heterocycles. The van der Waals surface area contributed by atoms with E-state index in [-0.39, 0.29) is 16.4 Å². The molecule has 0 unspecified atom stereocenters. The van der Waals surface area contributed by atoms with Crippen LogP contribution in [0, 0.1) is 5.82 Å². The predicted octanol–water partition coefficient (Wildman–Crippen LogP) is 2.73. The average molecular weight is 298 g/mol. The van der Waals surface area contributed by atoms with E-state index in [9.17, 15) is 9.18 Å². The molecule has 0 atom stereocenters. The van der Waals surface area contributed by atoms with Gasteiger partial charge >= 0.3 is 0 Å². The second-order valence-electron chi connectivity index (χ2n) is 3.62. The number of aromatic nitrogens is 2. The fourth-order valence-corrected chi connectivity index (χ4v) is 1.54. The van der Waals surface area contributed by atoms with Gasteiger partial charge < -0.3 is 10.1 Å². The van der Waals surface area contributed by atoms with E-state index in [1.165, 1.54) is 31.6 Å². The fourth-order valence-electron chi connectivity index (χ4n) is 1.36. The lowest BCUT2D eigenvalue weighted by Gasteiger charge is -2.03. The minimum absolute atomic E-state index is 0.0289. The summed E-state index contributed by atoms with van der Waals surface area (Å²) in [7, 11) is 1.45. The van der Waals surface area contributed by atoms with Crippen molar-refractivity contribution in [3.63, 3.8) is 0 Å². The molecule has 1 aromatic heterocycles. The Morgan fingerprint density at radius 1 is 1.50 bits per heavy atom. The number of hydrogen-bond donors (Lipinski definition) is 1. The summed E-state index contributed by atoms with van der Waals surface area (Å²) in [5.74, 6) is -1.14. The Bertz CT molecular complexity index is 657. The summed E-state index contributed by atoms with van der Waals surface area (Å²) >= 11 is 5.62. The monoisotopic (exact) mass is 297 g/mol. The van der Waals surface area contributed by atoms with Gasteiger partial charge in [0.15, 0.2) is 5.69 Å². The summed E-state index contributed by atoms with van der Waals surface area (Å²) < 4.78 is 22.2. The van der Waals surface area contributed by atoms with Crippen LogP contribution in [0.25, 0.3) is 6.08 Å². The lowest BCUT2D eigenvalue weighted by Crippen LogP contribution is -2.13. The van der Waals surface area contributed by atoms with Crippen LogP contribution < -0.4 is 5.32 Å². The van der Waals surface area contributed by atoms with Crippen LogP contribution in [0.2, 0.25) is 5.02 Å². The van der Waals surface area contributed by atoms with Gasteiger partial charge in [-0.25, -0.2) is 9.02 Å². The summed E-state index contributed by atoms with van der Waals surface area (Å²) in [6.07, 6.45) is 2.74. The molecule has 2 rings (SSSR count). The van der Waals surface area contributed by atoms with Crippen molar-refractivity contribution in [2.24, 2.45) is 0 Å². The third kappa shape index (κ3) is 3.12. The van der Waals surface area contributed by atoms with E-state index < -0.39 is 11.7 Å². The molecule has 0 aliphatic carbocycles. The van der Waals surface area contributed by atoms with Crippen LogP contribution in [-0.2, 0) is 4.74 Å². The second kappa shape index (κ2) is 6.16. The molecule has 8 heteroatoms. The molecule has 1 aromatic carbocycles. The van der Waals surface area contributed by atoms with Gasteiger partial charge in [0.05, 0.1) is 18.4 Å². The van der Waals surface area contributed by atoms with Gasteiger partial charge in [-0.15, -0.1) is 0 Å². The van der Waals surface area contributed by atoms with E-state index >= 15 is 0 Å². The molecular formula is C12H9ClFN3O3. The van der Waals surface area contributed by atoms with Crippen molar-refractivity contribution in [1.82, 2.24) is 10.3 Å². The fraction of sp³-hybridized carbons (Fsp3) is 0.0833. The molecule has 0 saturated carbocycles. The summed E-state index contributed by atoms with van der Waals surface area (Å²) in [6.45, 7) is 0. The number of nitrogens with one attached hydrogen (secondary N) is 1. The number of ether oxygens (including phenoxy) is 1. The summed E-state index contributed by atoms with van der Waals surface area (Å²) in [5.41, 5.74) is 0.502. The van der Waals surface area contributed by atoms with Gasteiger partial charge in [0.25, 0.3) is 5.91 Å². The van der Waals surface area contributed by atoms with E-state index in [0.717, 1.165) is 6.07 Å².